The largest absolute Gasteiger partial charge is 0.296 e. The van der Waals surface area contributed by atoms with Gasteiger partial charge in [0.1, 0.15) is 4.90 Å². The fourth-order valence-corrected chi connectivity index (χ4v) is 5.92. The lowest BCUT2D eigenvalue weighted by atomic mass is 10.1. The molecule has 0 spiro atoms. The first-order chi connectivity index (χ1) is 13.4. The Labute approximate surface area is 178 Å². The van der Waals surface area contributed by atoms with Crippen molar-refractivity contribution in [3.8, 4) is 0 Å². The van der Waals surface area contributed by atoms with E-state index < -0.39 is 10.0 Å². The number of nitrogens with zero attached hydrogens (tertiary/aromatic N) is 3. The van der Waals surface area contributed by atoms with Crippen LogP contribution in [0.5, 0.6) is 0 Å². The number of para-hydroxylation sites is 1. The summed E-state index contributed by atoms with van der Waals surface area (Å²) < 4.78 is 28.2. The van der Waals surface area contributed by atoms with Crippen molar-refractivity contribution in [2.45, 2.75) is 11.4 Å². The van der Waals surface area contributed by atoms with E-state index in [2.05, 4.69) is 44.0 Å². The van der Waals surface area contributed by atoms with Gasteiger partial charge in [-0.25, -0.2) is 8.42 Å². The van der Waals surface area contributed by atoms with Gasteiger partial charge in [0.25, 0.3) is 0 Å². The smallest absolute Gasteiger partial charge is 0.244 e. The number of pyridine rings is 1. The molecule has 0 aliphatic carbocycles. The summed E-state index contributed by atoms with van der Waals surface area (Å²) in [6.07, 6.45) is 1.80. The Bertz CT molecular complexity index is 1110. The van der Waals surface area contributed by atoms with Crippen molar-refractivity contribution in [3.05, 3.63) is 69.8 Å². The average Bonchev–Trinajstić information content (AvgIpc) is 2.68. The number of sulfonamides is 1. The second-order valence-corrected chi connectivity index (χ2v) is 9.98. The van der Waals surface area contributed by atoms with Crippen molar-refractivity contribution in [3.63, 3.8) is 0 Å². The van der Waals surface area contributed by atoms with E-state index in [0.717, 1.165) is 27.5 Å². The zero-order valence-electron chi connectivity index (χ0n) is 15.1. The lowest BCUT2D eigenvalue weighted by Crippen LogP contribution is -2.48. The standard InChI is InChI=1S/C20H19BrClN3O2S/c21-17-6-7-19(18(22)13-17)28(26,27)25-11-9-24(10-12-25)14-16-4-1-3-15-5-2-8-23-20(15)16/h1-8,13H,9-12,14H2. The molecule has 5 nitrogen and oxygen atoms in total. The maximum Gasteiger partial charge on any atom is 0.244 e. The van der Waals surface area contributed by atoms with Crippen LogP contribution in [0, 0.1) is 0 Å². The summed E-state index contributed by atoms with van der Waals surface area (Å²) in [7, 11) is -3.60. The molecule has 2 heterocycles. The predicted octanol–water partition coefficient (Wildman–Crippen LogP) is 4.16. The molecule has 8 heteroatoms. The molecule has 0 bridgehead atoms. The Kier molecular flexibility index (Phi) is 5.71. The van der Waals surface area contributed by atoms with Crippen molar-refractivity contribution in [2.24, 2.45) is 0 Å². The number of rotatable bonds is 4. The highest BCUT2D eigenvalue weighted by Gasteiger charge is 2.30. The SMILES string of the molecule is O=S(=O)(c1ccc(Br)cc1Cl)N1CCN(Cc2cccc3cccnc23)CC1. The Hall–Kier alpha value is -1.51. The van der Waals surface area contributed by atoms with Crippen molar-refractivity contribution >= 4 is 48.5 Å². The molecule has 0 unspecified atom stereocenters. The van der Waals surface area contributed by atoms with Gasteiger partial charge in [0.05, 0.1) is 10.5 Å². The van der Waals surface area contributed by atoms with Crippen LogP contribution in [0.4, 0.5) is 0 Å². The quantitative estimate of drug-likeness (QED) is 0.563. The Morgan fingerprint density at radius 2 is 1.79 bits per heavy atom. The molecule has 1 aliphatic rings. The normalized spacial score (nSPS) is 16.5. The first-order valence-corrected chi connectivity index (χ1v) is 11.6. The minimum Gasteiger partial charge on any atom is -0.296 e. The highest BCUT2D eigenvalue weighted by molar-refractivity contribution is 9.10. The van der Waals surface area contributed by atoms with E-state index in [0.29, 0.717) is 26.2 Å². The van der Waals surface area contributed by atoms with Gasteiger partial charge in [-0.15, -0.1) is 0 Å². The topological polar surface area (TPSA) is 53.5 Å². The summed E-state index contributed by atoms with van der Waals surface area (Å²) in [4.78, 5) is 6.92. The summed E-state index contributed by atoms with van der Waals surface area (Å²) in [5.41, 5.74) is 2.16. The Balaban J connectivity index is 1.47. The number of piperazine rings is 1. The second-order valence-electron chi connectivity index (χ2n) is 6.75. The summed E-state index contributed by atoms with van der Waals surface area (Å²) in [5, 5.41) is 1.35. The van der Waals surface area contributed by atoms with E-state index >= 15 is 0 Å². The number of hydrogen-bond acceptors (Lipinski definition) is 4. The molecule has 0 saturated carbocycles. The third-order valence-electron chi connectivity index (χ3n) is 4.95. The Morgan fingerprint density at radius 1 is 1.04 bits per heavy atom. The first kappa shape index (κ1) is 19.8. The highest BCUT2D eigenvalue weighted by atomic mass is 79.9. The monoisotopic (exact) mass is 479 g/mol. The molecule has 4 rings (SSSR count). The Morgan fingerprint density at radius 3 is 2.54 bits per heavy atom. The molecular formula is C20H19BrClN3O2S. The van der Waals surface area contributed by atoms with Crippen molar-refractivity contribution < 1.29 is 8.42 Å². The van der Waals surface area contributed by atoms with Gasteiger partial charge in [-0.2, -0.15) is 4.31 Å². The maximum absolute atomic E-state index is 13.0. The van der Waals surface area contributed by atoms with Crippen LogP contribution in [0.1, 0.15) is 5.56 Å². The van der Waals surface area contributed by atoms with Gasteiger partial charge in [-0.05, 0) is 29.8 Å². The lowest BCUT2D eigenvalue weighted by Gasteiger charge is -2.34. The molecule has 146 valence electrons. The summed E-state index contributed by atoms with van der Waals surface area (Å²) in [5.74, 6) is 0. The first-order valence-electron chi connectivity index (χ1n) is 8.95. The molecule has 1 aromatic heterocycles. The van der Waals surface area contributed by atoms with E-state index in [1.165, 1.54) is 4.31 Å². The van der Waals surface area contributed by atoms with Gasteiger partial charge in [-0.1, -0.05) is 51.8 Å². The lowest BCUT2D eigenvalue weighted by molar-refractivity contribution is 0.182. The van der Waals surface area contributed by atoms with Crippen molar-refractivity contribution in [1.29, 1.82) is 0 Å². The third kappa shape index (κ3) is 3.95. The summed E-state index contributed by atoms with van der Waals surface area (Å²) in [6.45, 7) is 2.95. The number of aromatic nitrogens is 1. The molecule has 28 heavy (non-hydrogen) atoms. The number of benzene rings is 2. The molecule has 1 aliphatic heterocycles. The van der Waals surface area contributed by atoms with Crippen molar-refractivity contribution in [2.75, 3.05) is 26.2 Å². The molecule has 1 saturated heterocycles. The minimum absolute atomic E-state index is 0.157. The van der Waals surface area contributed by atoms with Crippen LogP contribution in [0.15, 0.2) is 64.1 Å². The fourth-order valence-electron chi connectivity index (χ4n) is 3.49. The van der Waals surface area contributed by atoms with Crippen LogP contribution in [0.2, 0.25) is 5.02 Å². The summed E-state index contributed by atoms with van der Waals surface area (Å²) >= 11 is 9.48. The fraction of sp³-hybridized carbons (Fsp3) is 0.250. The minimum atomic E-state index is -3.60. The summed E-state index contributed by atoms with van der Waals surface area (Å²) in [6, 6.07) is 15.0. The molecule has 0 radical (unpaired) electrons. The van der Waals surface area contributed by atoms with E-state index in [1.807, 2.05) is 12.1 Å². The predicted molar refractivity (Wildman–Crippen MR) is 115 cm³/mol. The van der Waals surface area contributed by atoms with E-state index in [-0.39, 0.29) is 9.92 Å². The third-order valence-corrected chi connectivity index (χ3v) is 7.83. The van der Waals surface area contributed by atoms with Crippen LogP contribution >= 0.6 is 27.5 Å². The van der Waals surface area contributed by atoms with E-state index in [4.69, 9.17) is 11.6 Å². The maximum atomic E-state index is 13.0. The molecule has 3 aromatic rings. The van der Waals surface area contributed by atoms with Gasteiger partial charge in [0.2, 0.25) is 10.0 Å². The molecule has 1 fully saturated rings. The molecule has 0 amide bonds. The van der Waals surface area contributed by atoms with Crippen LogP contribution in [-0.2, 0) is 16.6 Å². The number of halogens is 2. The van der Waals surface area contributed by atoms with Gasteiger partial charge in [-0.3, -0.25) is 9.88 Å². The van der Waals surface area contributed by atoms with Crippen LogP contribution in [0.25, 0.3) is 10.9 Å². The molecule has 2 aromatic carbocycles. The average molecular weight is 481 g/mol. The zero-order valence-corrected chi connectivity index (χ0v) is 18.2. The highest BCUT2D eigenvalue weighted by Crippen LogP contribution is 2.28. The van der Waals surface area contributed by atoms with Gasteiger partial charge >= 0.3 is 0 Å². The van der Waals surface area contributed by atoms with E-state index in [9.17, 15) is 8.42 Å². The van der Waals surface area contributed by atoms with Gasteiger partial charge in [0, 0.05) is 48.8 Å². The molecule has 0 N–H and O–H groups in total. The van der Waals surface area contributed by atoms with Crippen molar-refractivity contribution in [1.82, 2.24) is 14.2 Å². The molecular weight excluding hydrogens is 462 g/mol. The number of fused-ring (bicyclic) bond motifs is 1. The van der Waals surface area contributed by atoms with Crippen LogP contribution in [0.3, 0.4) is 0 Å². The van der Waals surface area contributed by atoms with Crippen LogP contribution in [-0.4, -0.2) is 48.8 Å². The van der Waals surface area contributed by atoms with Crippen LogP contribution < -0.4 is 0 Å². The van der Waals surface area contributed by atoms with E-state index in [1.54, 1.807) is 24.4 Å². The number of hydrogen-bond donors (Lipinski definition) is 0. The zero-order chi connectivity index (χ0) is 19.7. The second kappa shape index (κ2) is 8.08. The van der Waals surface area contributed by atoms with Gasteiger partial charge < -0.3 is 0 Å². The molecule has 0 atom stereocenters. The van der Waals surface area contributed by atoms with Gasteiger partial charge in [0.15, 0.2) is 0 Å².